The Morgan fingerprint density at radius 3 is 3.00 bits per heavy atom. The van der Waals surface area contributed by atoms with Gasteiger partial charge in [0.2, 0.25) is 0 Å². The van der Waals surface area contributed by atoms with E-state index in [4.69, 9.17) is 4.74 Å². The molecule has 2 aliphatic rings. The summed E-state index contributed by atoms with van der Waals surface area (Å²) in [7, 11) is 0. The van der Waals surface area contributed by atoms with E-state index in [9.17, 15) is 9.18 Å². The average molecular weight is 327 g/mol. The lowest BCUT2D eigenvalue weighted by Crippen LogP contribution is -2.58. The van der Waals surface area contributed by atoms with Crippen molar-refractivity contribution in [2.24, 2.45) is 0 Å². The lowest BCUT2D eigenvalue weighted by atomic mass is 9.88. The number of alkyl halides is 1. The van der Waals surface area contributed by atoms with Crippen LogP contribution in [0.3, 0.4) is 0 Å². The van der Waals surface area contributed by atoms with Crippen molar-refractivity contribution in [2.45, 2.75) is 12.3 Å². The van der Waals surface area contributed by atoms with Crippen LogP contribution in [0.15, 0.2) is 42.7 Å². The highest BCUT2D eigenvalue weighted by Crippen LogP contribution is 2.36. The number of nitrogens with one attached hydrogen (secondary N) is 1. The van der Waals surface area contributed by atoms with Crippen molar-refractivity contribution in [3.05, 3.63) is 59.4 Å². The molecule has 3 heterocycles. The summed E-state index contributed by atoms with van der Waals surface area (Å²) in [5.74, 6) is -0.154. The molecule has 1 aromatic carbocycles. The third-order valence-electron chi connectivity index (χ3n) is 4.52. The van der Waals surface area contributed by atoms with E-state index in [0.29, 0.717) is 24.3 Å². The van der Waals surface area contributed by atoms with Crippen LogP contribution in [0.4, 0.5) is 10.1 Å². The molecule has 0 saturated carbocycles. The molecule has 1 fully saturated rings. The number of pyridine rings is 1. The van der Waals surface area contributed by atoms with E-state index in [-0.39, 0.29) is 19.0 Å². The summed E-state index contributed by atoms with van der Waals surface area (Å²) in [4.78, 5) is 18.1. The largest absolute Gasteiger partial charge is 0.382 e. The normalized spacial score (nSPS) is 18.8. The maximum Gasteiger partial charge on any atom is 0.254 e. The quantitative estimate of drug-likeness (QED) is 0.920. The Hall–Kier alpha value is -2.47. The highest BCUT2D eigenvalue weighted by Gasteiger charge is 2.47. The van der Waals surface area contributed by atoms with Crippen LogP contribution in [0.25, 0.3) is 0 Å². The molecule has 1 N–H and O–H groups in total. The van der Waals surface area contributed by atoms with Gasteiger partial charge in [-0.3, -0.25) is 9.78 Å². The summed E-state index contributed by atoms with van der Waals surface area (Å²) in [6.07, 6.45) is 3.13. The maximum absolute atomic E-state index is 14.8. The van der Waals surface area contributed by atoms with Gasteiger partial charge in [0.05, 0.1) is 26.3 Å². The first kappa shape index (κ1) is 15.1. The number of hydrogen-bond donors (Lipinski definition) is 1. The molecule has 2 aliphatic heterocycles. The molecule has 0 spiro atoms. The predicted molar refractivity (Wildman–Crippen MR) is 87.5 cm³/mol. The van der Waals surface area contributed by atoms with Crippen molar-refractivity contribution in [1.29, 1.82) is 0 Å². The third kappa shape index (κ3) is 2.63. The highest BCUT2D eigenvalue weighted by molar-refractivity contribution is 5.95. The van der Waals surface area contributed by atoms with E-state index in [2.05, 4.69) is 10.3 Å². The number of likely N-dealkylation sites (tertiary alicyclic amines) is 1. The fraction of sp³-hybridized carbons (Fsp3) is 0.333. The van der Waals surface area contributed by atoms with Gasteiger partial charge in [-0.2, -0.15) is 0 Å². The number of benzene rings is 1. The van der Waals surface area contributed by atoms with Gasteiger partial charge in [0, 0.05) is 41.3 Å². The zero-order valence-electron chi connectivity index (χ0n) is 13.2. The Bertz CT molecular complexity index is 760. The molecule has 2 aromatic rings. The molecular formula is C18H18FN3O2. The zero-order valence-corrected chi connectivity index (χ0v) is 13.2. The smallest absolute Gasteiger partial charge is 0.254 e. The van der Waals surface area contributed by atoms with Crippen LogP contribution in [-0.4, -0.2) is 42.0 Å². The number of hydrogen-bond acceptors (Lipinski definition) is 4. The first-order valence-electron chi connectivity index (χ1n) is 7.99. The van der Waals surface area contributed by atoms with E-state index >= 15 is 0 Å². The first-order valence-corrected chi connectivity index (χ1v) is 7.99. The van der Waals surface area contributed by atoms with E-state index in [1.807, 2.05) is 12.1 Å². The van der Waals surface area contributed by atoms with Gasteiger partial charge in [-0.15, -0.1) is 0 Å². The lowest BCUT2D eigenvalue weighted by Gasteiger charge is -2.44. The summed E-state index contributed by atoms with van der Waals surface area (Å²) in [6, 6.07) is 8.92. The number of carbonyl (C=O) groups excluding carboxylic acids is 1. The third-order valence-corrected chi connectivity index (χ3v) is 4.52. The monoisotopic (exact) mass is 327 g/mol. The van der Waals surface area contributed by atoms with Gasteiger partial charge in [-0.1, -0.05) is 6.07 Å². The van der Waals surface area contributed by atoms with Crippen molar-refractivity contribution in [1.82, 2.24) is 9.88 Å². The van der Waals surface area contributed by atoms with Crippen LogP contribution >= 0.6 is 0 Å². The Balaban J connectivity index is 1.49. The highest BCUT2D eigenvalue weighted by atomic mass is 19.1. The zero-order chi connectivity index (χ0) is 16.6. The number of ether oxygens (including phenoxy) is 1. The van der Waals surface area contributed by atoms with Gasteiger partial charge in [0.15, 0.2) is 5.67 Å². The minimum Gasteiger partial charge on any atom is -0.382 e. The Morgan fingerprint density at radius 2 is 2.21 bits per heavy atom. The molecule has 1 aromatic heterocycles. The minimum atomic E-state index is -1.50. The number of carbonyl (C=O) groups is 1. The second-order valence-electron chi connectivity index (χ2n) is 6.22. The molecule has 4 rings (SSSR count). The molecule has 5 nitrogen and oxygen atoms in total. The van der Waals surface area contributed by atoms with Crippen LogP contribution in [-0.2, 0) is 17.0 Å². The number of halogens is 1. The van der Waals surface area contributed by atoms with Crippen LogP contribution in [0.1, 0.15) is 21.5 Å². The van der Waals surface area contributed by atoms with E-state index in [0.717, 1.165) is 17.8 Å². The molecular weight excluding hydrogens is 309 g/mol. The molecule has 0 radical (unpaired) electrons. The standard InChI is InChI=1S/C18H18FN3O2/c19-18(15-2-1-5-20-9-15)11-22(12-18)17(23)13-3-4-16-14(8-13)10-24-7-6-21-16/h1-5,8-9,21H,6-7,10-12H2. The van der Waals surface area contributed by atoms with Gasteiger partial charge in [0.25, 0.3) is 5.91 Å². The van der Waals surface area contributed by atoms with Crippen LogP contribution in [0.5, 0.6) is 0 Å². The van der Waals surface area contributed by atoms with Crippen LogP contribution in [0, 0.1) is 0 Å². The van der Waals surface area contributed by atoms with Crippen LogP contribution < -0.4 is 5.32 Å². The van der Waals surface area contributed by atoms with Crippen molar-refractivity contribution < 1.29 is 13.9 Å². The SMILES string of the molecule is O=C(c1ccc2c(c1)COCCN2)N1CC(F)(c2cccnc2)C1. The topological polar surface area (TPSA) is 54.5 Å². The summed E-state index contributed by atoms with van der Waals surface area (Å²) < 4.78 is 20.3. The van der Waals surface area contributed by atoms with Gasteiger partial charge in [0.1, 0.15) is 0 Å². The van der Waals surface area contributed by atoms with E-state index in [1.54, 1.807) is 24.4 Å². The number of rotatable bonds is 2. The molecule has 0 aliphatic carbocycles. The van der Waals surface area contributed by atoms with Gasteiger partial charge in [-0.25, -0.2) is 4.39 Å². The molecule has 6 heteroatoms. The van der Waals surface area contributed by atoms with Gasteiger partial charge >= 0.3 is 0 Å². The number of nitrogens with zero attached hydrogens (tertiary/aromatic N) is 2. The van der Waals surface area contributed by atoms with Gasteiger partial charge < -0.3 is 15.0 Å². The van der Waals surface area contributed by atoms with Crippen molar-refractivity contribution in [3.8, 4) is 0 Å². The fourth-order valence-corrected chi connectivity index (χ4v) is 3.15. The fourth-order valence-electron chi connectivity index (χ4n) is 3.15. The number of amides is 1. The second-order valence-corrected chi connectivity index (χ2v) is 6.22. The second kappa shape index (κ2) is 5.87. The Kier molecular flexibility index (Phi) is 3.69. The first-order chi connectivity index (χ1) is 11.7. The molecule has 0 unspecified atom stereocenters. The number of aromatic nitrogens is 1. The Labute approximate surface area is 139 Å². The summed E-state index contributed by atoms with van der Waals surface area (Å²) in [6.45, 7) is 1.99. The number of anilines is 1. The molecule has 124 valence electrons. The maximum atomic E-state index is 14.8. The van der Waals surface area contributed by atoms with E-state index < -0.39 is 5.67 Å². The lowest BCUT2D eigenvalue weighted by molar-refractivity contribution is -0.0233. The molecule has 0 bridgehead atoms. The van der Waals surface area contributed by atoms with Crippen LogP contribution in [0.2, 0.25) is 0 Å². The van der Waals surface area contributed by atoms with Crippen molar-refractivity contribution in [2.75, 3.05) is 31.6 Å². The molecule has 0 atom stereocenters. The molecule has 1 saturated heterocycles. The average Bonchev–Trinajstić information content (AvgIpc) is 2.83. The minimum absolute atomic E-state index is 0.0589. The summed E-state index contributed by atoms with van der Waals surface area (Å²) in [5.41, 5.74) is 1.53. The van der Waals surface area contributed by atoms with Crippen molar-refractivity contribution >= 4 is 11.6 Å². The predicted octanol–water partition coefficient (Wildman–Crippen LogP) is 2.34. The van der Waals surface area contributed by atoms with Gasteiger partial charge in [-0.05, 0) is 24.3 Å². The van der Waals surface area contributed by atoms with Crippen molar-refractivity contribution in [3.63, 3.8) is 0 Å². The Morgan fingerprint density at radius 1 is 1.33 bits per heavy atom. The number of fused-ring (bicyclic) bond motifs is 1. The van der Waals surface area contributed by atoms with E-state index in [1.165, 1.54) is 11.1 Å². The summed E-state index contributed by atoms with van der Waals surface area (Å²) in [5, 5.41) is 3.27. The molecule has 24 heavy (non-hydrogen) atoms. The molecule has 1 amide bonds. The summed E-state index contributed by atoms with van der Waals surface area (Å²) >= 11 is 0.